The number of terminal acetylenes is 1. The number of benzene rings is 1. The minimum absolute atomic E-state index is 0.216. The van der Waals surface area contributed by atoms with Crippen molar-refractivity contribution in [1.29, 1.82) is 0 Å². The molecule has 0 saturated heterocycles. The number of amides is 1. The van der Waals surface area contributed by atoms with Gasteiger partial charge in [0.1, 0.15) is 0 Å². The Morgan fingerprint density at radius 2 is 2.18 bits per heavy atom. The van der Waals surface area contributed by atoms with E-state index in [1.807, 2.05) is 25.1 Å². The fraction of sp³-hybridized carbons (Fsp3) is 0.308. The van der Waals surface area contributed by atoms with Gasteiger partial charge in [0.25, 0.3) is 5.91 Å². The van der Waals surface area contributed by atoms with Crippen LogP contribution in [-0.2, 0) is 0 Å². The highest BCUT2D eigenvalue weighted by molar-refractivity contribution is 6.01. The van der Waals surface area contributed by atoms with E-state index in [2.05, 4.69) is 11.2 Å². The third-order valence-electron chi connectivity index (χ3n) is 2.34. The zero-order valence-corrected chi connectivity index (χ0v) is 10.3. The molecule has 1 aromatic rings. The van der Waals surface area contributed by atoms with Crippen molar-refractivity contribution in [2.24, 2.45) is 0 Å². The highest BCUT2D eigenvalue weighted by Crippen LogP contribution is 2.21. The van der Waals surface area contributed by atoms with E-state index >= 15 is 0 Å². The Morgan fingerprint density at radius 1 is 1.53 bits per heavy atom. The lowest BCUT2D eigenvalue weighted by Gasteiger charge is -2.18. The van der Waals surface area contributed by atoms with Gasteiger partial charge in [-0.2, -0.15) is 0 Å². The number of nitrogens with one attached hydrogen (secondary N) is 1. The van der Waals surface area contributed by atoms with Crippen LogP contribution < -0.4 is 16.0 Å². The lowest BCUT2D eigenvalue weighted by atomic mass is 10.1. The first-order valence-corrected chi connectivity index (χ1v) is 5.29. The molecular formula is C13H17N3O. The summed E-state index contributed by atoms with van der Waals surface area (Å²) in [6.45, 7) is 1.75. The van der Waals surface area contributed by atoms with Gasteiger partial charge in [-0.05, 0) is 25.1 Å². The lowest BCUT2D eigenvalue weighted by molar-refractivity contribution is 0.0948. The molecule has 17 heavy (non-hydrogen) atoms. The number of rotatable bonds is 3. The van der Waals surface area contributed by atoms with Crippen molar-refractivity contribution in [1.82, 2.24) is 5.32 Å². The number of hydrogen-bond acceptors (Lipinski definition) is 3. The van der Waals surface area contributed by atoms with Gasteiger partial charge >= 0.3 is 0 Å². The van der Waals surface area contributed by atoms with Crippen LogP contribution >= 0.6 is 0 Å². The molecule has 0 aromatic heterocycles. The van der Waals surface area contributed by atoms with E-state index in [0.717, 1.165) is 5.69 Å². The third kappa shape index (κ3) is 3.15. The molecule has 0 aliphatic rings. The molecule has 3 N–H and O–H groups in total. The standard InChI is InChI=1S/C13H17N3O/c1-5-9(2)15-13(17)11-8-10(14)6-7-12(11)16(3)4/h1,6-9H,14H2,2-4H3,(H,15,17). The molecule has 0 heterocycles. The summed E-state index contributed by atoms with van der Waals surface area (Å²) in [6, 6.07) is 4.91. The molecular weight excluding hydrogens is 214 g/mol. The van der Waals surface area contributed by atoms with E-state index in [1.165, 1.54) is 0 Å². The van der Waals surface area contributed by atoms with Crippen LogP contribution in [0.5, 0.6) is 0 Å². The van der Waals surface area contributed by atoms with Crippen molar-refractivity contribution < 1.29 is 4.79 Å². The molecule has 0 spiro atoms. The predicted octanol–water partition coefficient (Wildman–Crippen LogP) is 1.09. The predicted molar refractivity (Wildman–Crippen MR) is 70.9 cm³/mol. The van der Waals surface area contributed by atoms with Crippen LogP contribution in [0.1, 0.15) is 17.3 Å². The van der Waals surface area contributed by atoms with Crippen molar-refractivity contribution in [3.63, 3.8) is 0 Å². The summed E-state index contributed by atoms with van der Waals surface area (Å²) in [5, 5.41) is 2.71. The SMILES string of the molecule is C#CC(C)NC(=O)c1cc(N)ccc1N(C)C. The minimum Gasteiger partial charge on any atom is -0.399 e. The molecule has 4 heteroatoms. The highest BCUT2D eigenvalue weighted by Gasteiger charge is 2.14. The minimum atomic E-state index is -0.307. The van der Waals surface area contributed by atoms with Crippen molar-refractivity contribution >= 4 is 17.3 Å². The molecule has 0 aliphatic heterocycles. The summed E-state index contributed by atoms with van der Waals surface area (Å²) in [7, 11) is 3.74. The average molecular weight is 231 g/mol. The molecule has 1 unspecified atom stereocenters. The van der Waals surface area contributed by atoms with Crippen molar-refractivity contribution in [2.45, 2.75) is 13.0 Å². The van der Waals surface area contributed by atoms with E-state index in [4.69, 9.17) is 12.2 Å². The highest BCUT2D eigenvalue weighted by atomic mass is 16.1. The van der Waals surface area contributed by atoms with Gasteiger partial charge in [0, 0.05) is 25.5 Å². The van der Waals surface area contributed by atoms with Crippen molar-refractivity contribution in [3.05, 3.63) is 23.8 Å². The summed E-state index contributed by atoms with van der Waals surface area (Å²) in [6.07, 6.45) is 5.23. The number of nitrogens with zero attached hydrogens (tertiary/aromatic N) is 1. The first-order chi connectivity index (χ1) is 7.95. The number of nitrogen functional groups attached to an aromatic ring is 1. The first kappa shape index (κ1) is 12.9. The quantitative estimate of drug-likeness (QED) is 0.604. The second-order valence-corrected chi connectivity index (χ2v) is 4.03. The molecule has 0 fully saturated rings. The van der Waals surface area contributed by atoms with Gasteiger partial charge in [0.05, 0.1) is 11.6 Å². The van der Waals surface area contributed by atoms with Crippen LogP contribution in [0.15, 0.2) is 18.2 Å². The molecule has 0 bridgehead atoms. The smallest absolute Gasteiger partial charge is 0.254 e. The second-order valence-electron chi connectivity index (χ2n) is 4.03. The molecule has 4 nitrogen and oxygen atoms in total. The summed E-state index contributed by atoms with van der Waals surface area (Å²) >= 11 is 0. The number of hydrogen-bond donors (Lipinski definition) is 2. The Hall–Kier alpha value is -2.15. The molecule has 0 saturated carbocycles. The Bertz CT molecular complexity index is 460. The normalized spacial score (nSPS) is 11.4. The average Bonchev–Trinajstić information content (AvgIpc) is 2.28. The van der Waals surface area contributed by atoms with Gasteiger partial charge in [-0.1, -0.05) is 5.92 Å². The van der Waals surface area contributed by atoms with Gasteiger partial charge in [-0.15, -0.1) is 6.42 Å². The Kier molecular flexibility index (Phi) is 4.00. The number of nitrogens with two attached hydrogens (primary N) is 1. The van der Waals surface area contributed by atoms with Gasteiger partial charge in [-0.25, -0.2) is 0 Å². The maximum atomic E-state index is 12.0. The monoisotopic (exact) mass is 231 g/mol. The Morgan fingerprint density at radius 3 is 2.71 bits per heavy atom. The van der Waals surface area contributed by atoms with Crippen molar-refractivity contribution in [3.8, 4) is 12.3 Å². The van der Waals surface area contributed by atoms with Gasteiger partial charge in [0.15, 0.2) is 0 Å². The maximum Gasteiger partial charge on any atom is 0.254 e. The van der Waals surface area contributed by atoms with Crippen LogP contribution in [0.2, 0.25) is 0 Å². The molecule has 1 rings (SSSR count). The fourth-order valence-electron chi connectivity index (χ4n) is 1.44. The van der Waals surface area contributed by atoms with E-state index in [-0.39, 0.29) is 11.9 Å². The van der Waals surface area contributed by atoms with E-state index in [9.17, 15) is 4.79 Å². The zero-order valence-electron chi connectivity index (χ0n) is 10.3. The van der Waals surface area contributed by atoms with Crippen LogP contribution in [0.4, 0.5) is 11.4 Å². The Labute approximate surface area is 102 Å². The summed E-state index contributed by atoms with van der Waals surface area (Å²) < 4.78 is 0. The molecule has 90 valence electrons. The third-order valence-corrected chi connectivity index (χ3v) is 2.34. The summed E-state index contributed by atoms with van der Waals surface area (Å²) in [4.78, 5) is 13.9. The fourth-order valence-corrected chi connectivity index (χ4v) is 1.44. The largest absolute Gasteiger partial charge is 0.399 e. The lowest BCUT2D eigenvalue weighted by Crippen LogP contribution is -2.32. The van der Waals surface area contributed by atoms with E-state index in [1.54, 1.807) is 19.1 Å². The molecule has 1 amide bonds. The number of carbonyl (C=O) groups excluding carboxylic acids is 1. The molecule has 1 aromatic carbocycles. The van der Waals surface area contributed by atoms with Gasteiger partial charge in [0.2, 0.25) is 0 Å². The Balaban J connectivity index is 3.07. The van der Waals surface area contributed by atoms with Crippen LogP contribution in [0.25, 0.3) is 0 Å². The van der Waals surface area contributed by atoms with Gasteiger partial charge < -0.3 is 16.0 Å². The van der Waals surface area contributed by atoms with Gasteiger partial charge in [-0.3, -0.25) is 4.79 Å². The van der Waals surface area contributed by atoms with Crippen LogP contribution in [-0.4, -0.2) is 26.0 Å². The molecule has 1 atom stereocenters. The van der Waals surface area contributed by atoms with Crippen LogP contribution in [0.3, 0.4) is 0 Å². The second kappa shape index (κ2) is 5.26. The first-order valence-electron chi connectivity index (χ1n) is 5.29. The summed E-state index contributed by atoms with van der Waals surface area (Å²) in [5.41, 5.74) is 7.57. The van der Waals surface area contributed by atoms with E-state index < -0.39 is 0 Å². The number of anilines is 2. The zero-order chi connectivity index (χ0) is 13.0. The van der Waals surface area contributed by atoms with Crippen molar-refractivity contribution in [2.75, 3.05) is 24.7 Å². The topological polar surface area (TPSA) is 58.4 Å². The van der Waals surface area contributed by atoms with E-state index in [0.29, 0.717) is 11.3 Å². The molecule has 0 radical (unpaired) electrons. The van der Waals surface area contributed by atoms with Crippen LogP contribution in [0, 0.1) is 12.3 Å². The maximum absolute atomic E-state index is 12.0. The summed E-state index contributed by atoms with van der Waals surface area (Å²) in [5.74, 6) is 2.24. The molecule has 0 aliphatic carbocycles. The number of carbonyl (C=O) groups is 1.